The zero-order valence-corrected chi connectivity index (χ0v) is 14.0. The smallest absolute Gasteiger partial charge is 0.264 e. The minimum atomic E-state index is -4.20. The standard InChI is InChI=1S/C15H17F2N3O2S/c1-9-5-13(12(17)6-11(9)16)23(21,22)20-10-7-18-14(19-8-10)15(2,3)4/h5-8,20H,1-4H3. The largest absolute Gasteiger partial charge is 0.276 e. The van der Waals surface area contributed by atoms with Gasteiger partial charge in [0.15, 0.2) is 0 Å². The summed E-state index contributed by atoms with van der Waals surface area (Å²) < 4.78 is 53.7. The molecule has 0 aliphatic rings. The van der Waals surface area contributed by atoms with E-state index in [1.807, 2.05) is 20.8 Å². The molecule has 5 nitrogen and oxygen atoms in total. The Morgan fingerprint density at radius 1 is 1.04 bits per heavy atom. The van der Waals surface area contributed by atoms with E-state index in [2.05, 4.69) is 14.7 Å². The summed E-state index contributed by atoms with van der Waals surface area (Å²) in [6, 6.07) is 1.49. The zero-order valence-electron chi connectivity index (χ0n) is 13.2. The van der Waals surface area contributed by atoms with Crippen molar-refractivity contribution >= 4 is 15.7 Å². The summed E-state index contributed by atoms with van der Waals surface area (Å²) in [6.45, 7) is 7.11. The van der Waals surface area contributed by atoms with Crippen LogP contribution in [0.1, 0.15) is 32.2 Å². The molecule has 0 saturated heterocycles. The molecule has 1 heterocycles. The highest BCUT2D eigenvalue weighted by atomic mass is 32.2. The fourth-order valence-corrected chi connectivity index (χ4v) is 2.99. The molecule has 2 aromatic rings. The van der Waals surface area contributed by atoms with Crippen LogP contribution < -0.4 is 4.72 Å². The van der Waals surface area contributed by atoms with E-state index in [9.17, 15) is 17.2 Å². The molecule has 23 heavy (non-hydrogen) atoms. The molecule has 0 atom stereocenters. The van der Waals surface area contributed by atoms with Gasteiger partial charge < -0.3 is 0 Å². The summed E-state index contributed by atoms with van der Waals surface area (Å²) in [7, 11) is -4.20. The Morgan fingerprint density at radius 3 is 2.13 bits per heavy atom. The Labute approximate surface area is 133 Å². The van der Waals surface area contributed by atoms with Crippen molar-refractivity contribution in [2.75, 3.05) is 4.72 Å². The SMILES string of the molecule is Cc1cc(S(=O)(=O)Nc2cnc(C(C)(C)C)nc2)c(F)cc1F. The number of aryl methyl sites for hydroxylation is 1. The molecule has 1 aromatic heterocycles. The molecule has 0 aliphatic carbocycles. The molecule has 0 fully saturated rings. The molecule has 124 valence electrons. The number of anilines is 1. The first kappa shape index (κ1) is 17.3. The van der Waals surface area contributed by atoms with Crippen molar-refractivity contribution in [2.24, 2.45) is 0 Å². The molecule has 8 heteroatoms. The molecule has 0 spiro atoms. The lowest BCUT2D eigenvalue weighted by Gasteiger charge is -2.16. The van der Waals surface area contributed by atoms with Crippen LogP contribution in [-0.2, 0) is 15.4 Å². The van der Waals surface area contributed by atoms with Gasteiger partial charge in [-0.05, 0) is 18.6 Å². The Kier molecular flexibility index (Phi) is 4.39. The maximum absolute atomic E-state index is 13.8. The first-order valence-electron chi connectivity index (χ1n) is 6.82. The second kappa shape index (κ2) is 5.84. The van der Waals surface area contributed by atoms with Crippen molar-refractivity contribution in [3.8, 4) is 0 Å². The summed E-state index contributed by atoms with van der Waals surface area (Å²) in [5.41, 5.74) is -0.150. The Balaban J connectivity index is 2.34. The number of sulfonamides is 1. The minimum absolute atomic E-state index is 0.0334. The Bertz CT molecular complexity index is 829. The number of halogens is 2. The quantitative estimate of drug-likeness (QED) is 0.931. The lowest BCUT2D eigenvalue weighted by molar-refractivity contribution is 0.545. The van der Waals surface area contributed by atoms with E-state index in [-0.39, 0.29) is 16.7 Å². The van der Waals surface area contributed by atoms with Gasteiger partial charge in [-0.3, -0.25) is 4.72 Å². The van der Waals surface area contributed by atoms with Crippen molar-refractivity contribution in [3.63, 3.8) is 0 Å². The van der Waals surface area contributed by atoms with Crippen molar-refractivity contribution < 1.29 is 17.2 Å². The van der Waals surface area contributed by atoms with Crippen LogP contribution >= 0.6 is 0 Å². The molecule has 0 amide bonds. The zero-order chi connectivity index (χ0) is 17.4. The van der Waals surface area contributed by atoms with Crippen LogP contribution in [0.25, 0.3) is 0 Å². The number of aromatic nitrogens is 2. The Morgan fingerprint density at radius 2 is 1.61 bits per heavy atom. The molecule has 2 rings (SSSR count). The van der Waals surface area contributed by atoms with Gasteiger partial charge in [-0.15, -0.1) is 0 Å². The van der Waals surface area contributed by atoms with Gasteiger partial charge in [0, 0.05) is 11.5 Å². The first-order chi connectivity index (χ1) is 10.5. The van der Waals surface area contributed by atoms with Gasteiger partial charge in [0.05, 0.1) is 18.1 Å². The van der Waals surface area contributed by atoms with Crippen LogP contribution in [-0.4, -0.2) is 18.4 Å². The third-order valence-electron chi connectivity index (χ3n) is 3.08. The van der Waals surface area contributed by atoms with Crippen molar-refractivity contribution in [1.29, 1.82) is 0 Å². The number of nitrogens with zero attached hydrogens (tertiary/aromatic N) is 2. The van der Waals surface area contributed by atoms with E-state index in [1.54, 1.807) is 0 Å². The van der Waals surface area contributed by atoms with E-state index >= 15 is 0 Å². The fourth-order valence-electron chi connectivity index (χ4n) is 1.81. The molecule has 0 aliphatic heterocycles. The second-order valence-electron chi connectivity index (χ2n) is 6.18. The maximum atomic E-state index is 13.8. The normalized spacial score (nSPS) is 12.3. The summed E-state index contributed by atoms with van der Waals surface area (Å²) in [4.78, 5) is 7.55. The van der Waals surface area contributed by atoms with Crippen LogP contribution in [0.2, 0.25) is 0 Å². The van der Waals surface area contributed by atoms with Crippen molar-refractivity contribution in [1.82, 2.24) is 9.97 Å². The van der Waals surface area contributed by atoms with Crippen LogP contribution in [0.4, 0.5) is 14.5 Å². The summed E-state index contributed by atoms with van der Waals surface area (Å²) in [5.74, 6) is -1.42. The van der Waals surface area contributed by atoms with Gasteiger partial charge >= 0.3 is 0 Å². The van der Waals surface area contributed by atoms with E-state index in [0.717, 1.165) is 6.07 Å². The van der Waals surface area contributed by atoms with Gasteiger partial charge in [-0.2, -0.15) is 0 Å². The van der Waals surface area contributed by atoms with E-state index in [4.69, 9.17) is 0 Å². The predicted octanol–water partition coefficient (Wildman–Crippen LogP) is 3.16. The van der Waals surface area contributed by atoms with E-state index in [1.165, 1.54) is 19.3 Å². The Hall–Kier alpha value is -2.09. The van der Waals surface area contributed by atoms with Crippen LogP contribution in [0.3, 0.4) is 0 Å². The number of nitrogens with one attached hydrogen (secondary N) is 1. The minimum Gasteiger partial charge on any atom is -0.276 e. The molecule has 0 radical (unpaired) electrons. The van der Waals surface area contributed by atoms with Gasteiger partial charge in [-0.25, -0.2) is 27.2 Å². The first-order valence-corrected chi connectivity index (χ1v) is 8.30. The number of hydrogen-bond donors (Lipinski definition) is 1. The maximum Gasteiger partial charge on any atom is 0.264 e. The number of benzene rings is 1. The molecular weight excluding hydrogens is 324 g/mol. The van der Waals surface area contributed by atoms with Crippen LogP contribution in [0, 0.1) is 18.6 Å². The molecule has 0 bridgehead atoms. The summed E-state index contributed by atoms with van der Waals surface area (Å²) in [6.07, 6.45) is 2.61. The summed E-state index contributed by atoms with van der Waals surface area (Å²) in [5, 5.41) is 0. The monoisotopic (exact) mass is 341 g/mol. The average molecular weight is 341 g/mol. The number of rotatable bonds is 3. The van der Waals surface area contributed by atoms with Gasteiger partial charge in [0.2, 0.25) is 0 Å². The van der Waals surface area contributed by atoms with Gasteiger partial charge in [0.1, 0.15) is 22.4 Å². The molecule has 0 saturated carbocycles. The third kappa shape index (κ3) is 3.82. The van der Waals surface area contributed by atoms with Crippen LogP contribution in [0.15, 0.2) is 29.4 Å². The summed E-state index contributed by atoms with van der Waals surface area (Å²) >= 11 is 0. The topological polar surface area (TPSA) is 72.0 Å². The molecule has 1 aromatic carbocycles. The van der Waals surface area contributed by atoms with Crippen LogP contribution in [0.5, 0.6) is 0 Å². The molecular formula is C15H17F2N3O2S. The fraction of sp³-hybridized carbons (Fsp3) is 0.333. The van der Waals surface area contributed by atoms with E-state index < -0.39 is 26.6 Å². The van der Waals surface area contributed by atoms with E-state index in [0.29, 0.717) is 11.9 Å². The molecule has 1 N–H and O–H groups in total. The lowest BCUT2D eigenvalue weighted by Crippen LogP contribution is -2.18. The highest BCUT2D eigenvalue weighted by Gasteiger charge is 2.22. The molecule has 0 unspecified atom stereocenters. The predicted molar refractivity (Wildman–Crippen MR) is 82.6 cm³/mol. The highest BCUT2D eigenvalue weighted by molar-refractivity contribution is 7.92. The highest BCUT2D eigenvalue weighted by Crippen LogP contribution is 2.22. The number of hydrogen-bond acceptors (Lipinski definition) is 4. The second-order valence-corrected chi connectivity index (χ2v) is 7.83. The van der Waals surface area contributed by atoms with Gasteiger partial charge in [0.25, 0.3) is 10.0 Å². The third-order valence-corrected chi connectivity index (χ3v) is 4.47. The van der Waals surface area contributed by atoms with Gasteiger partial charge in [-0.1, -0.05) is 20.8 Å². The average Bonchev–Trinajstić information content (AvgIpc) is 2.41. The van der Waals surface area contributed by atoms with Crippen molar-refractivity contribution in [2.45, 2.75) is 38.0 Å². The van der Waals surface area contributed by atoms with Crippen molar-refractivity contribution in [3.05, 3.63) is 47.5 Å². The lowest BCUT2D eigenvalue weighted by atomic mass is 9.96.